The molecule has 5 heterocycles. The second-order valence-corrected chi connectivity index (χ2v) is 32.1. The Kier molecular flexibility index (Phi) is 17.7. The zero-order valence-corrected chi connectivity index (χ0v) is 67.3. The fourth-order valence-electron chi connectivity index (χ4n) is 19.7. The molecule has 1 N–H and O–H groups in total. The van der Waals surface area contributed by atoms with Crippen LogP contribution in [0.5, 0.6) is 0 Å². The van der Waals surface area contributed by atoms with Gasteiger partial charge in [-0.15, -0.1) is 0 Å². The molecule has 0 unspecified atom stereocenters. The van der Waals surface area contributed by atoms with E-state index in [0.29, 0.717) is 51.1 Å². The van der Waals surface area contributed by atoms with E-state index in [-0.39, 0.29) is 5.56 Å². The molecule has 17 heteroatoms. The first-order chi connectivity index (χ1) is 61.7. The van der Waals surface area contributed by atoms with Crippen LogP contribution in [0.2, 0.25) is 0 Å². The van der Waals surface area contributed by atoms with Crippen LogP contribution in [-0.4, -0.2) is 23.3 Å². The molecule has 0 saturated heterocycles. The lowest BCUT2D eigenvalue weighted by molar-refractivity contribution is -0.138. The van der Waals surface area contributed by atoms with Crippen LogP contribution in [0.15, 0.2) is 340 Å². The third-order valence-electron chi connectivity index (χ3n) is 24.8. The number of para-hydroxylation sites is 5. The number of nitrogens with zero attached hydrogens (tertiary/aromatic N) is 6. The van der Waals surface area contributed by atoms with Crippen molar-refractivity contribution in [3.63, 3.8) is 0 Å². The smallest absolute Gasteiger partial charge is 0.354 e. The van der Waals surface area contributed by atoms with E-state index in [2.05, 4.69) is 272 Å². The summed E-state index contributed by atoms with van der Waals surface area (Å²) in [4.78, 5) is 3.47. The Bertz CT molecular complexity index is 8580. The number of hydrogen-bond acceptors (Lipinski definition) is 2. The maximum Gasteiger partial charge on any atom is 0.416 e. The molecule has 0 saturated carbocycles. The minimum absolute atomic E-state index is 0.0150. The first-order valence-electron chi connectivity index (χ1n) is 41.1. The Morgan fingerprint density at radius 2 is 0.535 bits per heavy atom. The third-order valence-corrected chi connectivity index (χ3v) is 24.8. The van der Waals surface area contributed by atoms with Crippen LogP contribution in [0, 0.1) is 59.8 Å². The number of aromatic nitrogens is 5. The highest BCUT2D eigenvalue weighted by atomic mass is 19.4. The summed E-state index contributed by atoms with van der Waals surface area (Å²) in [5.41, 5.74) is 7.22. The van der Waals surface area contributed by atoms with Crippen molar-refractivity contribution in [2.75, 3.05) is 0 Å². The maximum atomic E-state index is 16.2. The van der Waals surface area contributed by atoms with Crippen LogP contribution >= 0.6 is 0 Å². The molecule has 0 aliphatic rings. The largest absolute Gasteiger partial charge is 0.416 e. The Morgan fingerprint density at radius 3 is 0.874 bits per heavy atom. The van der Waals surface area contributed by atoms with Crippen molar-refractivity contribution in [2.24, 2.45) is 0 Å². The zero-order valence-electron chi connectivity index (χ0n) is 67.3. The summed E-state index contributed by atoms with van der Waals surface area (Å²) in [6.45, 7) is 2.98. The minimum Gasteiger partial charge on any atom is -0.354 e. The number of aryl methyl sites for hydroxylation is 2. The van der Waals surface area contributed by atoms with Gasteiger partial charge in [-0.3, -0.25) is 0 Å². The van der Waals surface area contributed by atoms with Crippen molar-refractivity contribution < 1.29 is 43.9 Å². The molecule has 24 aromatic rings. The van der Waals surface area contributed by atoms with E-state index < -0.39 is 63.4 Å². The lowest BCUT2D eigenvalue weighted by atomic mass is 9.91. The fourth-order valence-corrected chi connectivity index (χ4v) is 19.7. The van der Waals surface area contributed by atoms with E-state index in [0.717, 1.165) is 149 Å². The van der Waals surface area contributed by atoms with Crippen molar-refractivity contribution in [1.29, 1.82) is 10.5 Å². The molecule has 0 bridgehead atoms. The quantitative estimate of drug-likeness (QED) is 0.133. The van der Waals surface area contributed by atoms with Crippen LogP contribution in [0.4, 0.5) is 43.9 Å². The Balaban J connectivity index is 0.000000194. The Morgan fingerprint density at radius 1 is 0.252 bits per heavy atom. The summed E-state index contributed by atoms with van der Waals surface area (Å²) < 4.78 is 151. The highest BCUT2D eigenvalue weighted by Crippen LogP contribution is 2.55. The van der Waals surface area contributed by atoms with Crippen LogP contribution in [0.25, 0.3) is 208 Å². The number of nitrogens with one attached hydrogen (secondary N) is 1. The molecule has 0 aliphatic carbocycles. The second kappa shape index (κ2) is 29.2. The molecule has 127 heavy (non-hydrogen) atoms. The molecule has 0 aliphatic heterocycles. The lowest BCUT2D eigenvalue weighted by Crippen LogP contribution is -2.16. The summed E-state index contributed by atoms with van der Waals surface area (Å²) in [6.07, 6.45) is -9.55. The molecular weight excluding hydrogens is 1610 g/mol. The molecule has 19 aromatic carbocycles. The second-order valence-electron chi connectivity index (χ2n) is 32.1. The molecule has 7 nitrogen and oxygen atoms in total. The highest BCUT2D eigenvalue weighted by molar-refractivity contribution is 6.28. The van der Waals surface area contributed by atoms with Gasteiger partial charge in [0.15, 0.2) is 23.3 Å². The summed E-state index contributed by atoms with van der Waals surface area (Å²) >= 11 is 0. The van der Waals surface area contributed by atoms with Crippen molar-refractivity contribution in [2.45, 2.75) is 26.2 Å². The van der Waals surface area contributed by atoms with E-state index in [4.69, 9.17) is 5.26 Å². The van der Waals surface area contributed by atoms with Gasteiger partial charge in [0, 0.05) is 70.5 Å². The number of H-pyrrole nitrogens is 1. The molecule has 5 aromatic heterocycles. The number of fused-ring (bicyclic) bond motifs is 25. The number of hydrogen-bond donors (Lipinski definition) is 1. The van der Waals surface area contributed by atoms with Crippen molar-refractivity contribution in [1.82, 2.24) is 23.3 Å². The number of rotatable bonds is 6. The zero-order chi connectivity index (χ0) is 86.7. The number of alkyl halides is 6. The Labute approximate surface area is 716 Å². The van der Waals surface area contributed by atoms with E-state index in [9.17, 15) is 36.0 Å². The van der Waals surface area contributed by atoms with Gasteiger partial charge in [0.25, 0.3) is 0 Å². The van der Waals surface area contributed by atoms with E-state index in [1.807, 2.05) is 66.7 Å². The van der Waals surface area contributed by atoms with Crippen LogP contribution in [-0.2, 0) is 12.4 Å². The number of halogens is 10. The van der Waals surface area contributed by atoms with Gasteiger partial charge in [-0.1, -0.05) is 255 Å². The van der Waals surface area contributed by atoms with Gasteiger partial charge in [-0.05, 0) is 175 Å². The van der Waals surface area contributed by atoms with Gasteiger partial charge in [0.1, 0.15) is 23.3 Å². The number of benzene rings is 19. The molecule has 0 amide bonds. The maximum absolute atomic E-state index is 16.2. The van der Waals surface area contributed by atoms with Gasteiger partial charge >= 0.3 is 12.4 Å². The van der Waals surface area contributed by atoms with E-state index >= 15 is 13.2 Å². The molecule has 608 valence electrons. The van der Waals surface area contributed by atoms with Crippen molar-refractivity contribution >= 4 is 163 Å². The monoisotopic (exact) mass is 1670 g/mol. The van der Waals surface area contributed by atoms with Gasteiger partial charge in [0.2, 0.25) is 0 Å². The molecule has 0 spiro atoms. The van der Waals surface area contributed by atoms with E-state index in [1.165, 1.54) is 51.6 Å². The number of aromatic amines is 1. The summed E-state index contributed by atoms with van der Waals surface area (Å²) in [5.74, 6) is -7.79. The first-order valence-corrected chi connectivity index (χ1v) is 41.1. The topological polar surface area (TPSA) is 83.1 Å². The van der Waals surface area contributed by atoms with Crippen LogP contribution < -0.4 is 0 Å². The van der Waals surface area contributed by atoms with Gasteiger partial charge in [-0.25, -0.2) is 17.6 Å². The lowest BCUT2D eigenvalue weighted by Gasteiger charge is -2.29. The van der Waals surface area contributed by atoms with Gasteiger partial charge < -0.3 is 23.3 Å². The molecule has 24 rings (SSSR count). The molecular formula is C110H63F10N7. The molecule has 0 radical (unpaired) electrons. The average molecular weight is 1670 g/mol. The SMILES string of the molecule is Cc1cc(-c2c(-n3c4ccccc4c4c5ccccc5ccc43)c(-n3c4ccccc4c4c5ccccc5ccc43)c(C#N)c(-n3c4ccccc4c4c5ccccc5ccc43)c2-n2c3ccccc3c3c4ccccc4ccc32)cc(C(F)(F)F)c1.Cc1cc(-c2c(F)c(F)c(C#N)c(F)c2F)cc(C(F)(F)F)c1.c1ccc2c(c1)ccc1[nH]c3ccccc3c12. The number of nitriles is 2. The van der Waals surface area contributed by atoms with Crippen molar-refractivity contribution in [3.8, 4) is 57.1 Å². The predicted molar refractivity (Wildman–Crippen MR) is 493 cm³/mol. The Hall–Kier alpha value is -16.2. The average Bonchev–Trinajstić information content (AvgIpc) is 1.54. The van der Waals surface area contributed by atoms with E-state index in [1.54, 1.807) is 6.92 Å². The molecule has 0 atom stereocenters. The standard InChI is InChI=1S/C79H46F3N5.C16H11N.C15H6F7N/c1-46-42-51(44-52(43-46)79(80,81)82)70-77(86-64-32-16-12-28-59(64)73-55-24-8-4-20-49(55)36-40-68(73)86)75(84-62-30-14-10-26-57(62)71-53-22-6-2-18-47(53)34-38-66(71)84)61(45-83)76(85-63-31-15-11-27-58(63)72-54-23-7-3-19-48(54)35-39-67(72)85)78(70)87-65-33-17-13-29-60(65)74-56-25-9-5-21-50(56)37-41-69(74)87;1-2-6-12-11(5-1)9-10-15-16(12)13-7-3-4-8-14(13)17-15;1-6-2-7(4-8(3-6)15(20,21)22)10-13(18)11(16)9(5-23)12(17)14(10)19/h2-44H,1H3;1-10,17H;2-4H,1H3. The highest BCUT2D eigenvalue weighted by Gasteiger charge is 2.39. The predicted octanol–water partition coefficient (Wildman–Crippen LogP) is 31.1. The molecule has 0 fully saturated rings. The van der Waals surface area contributed by atoms with Crippen LogP contribution in [0.1, 0.15) is 33.4 Å². The third kappa shape index (κ3) is 11.9. The summed E-state index contributed by atoms with van der Waals surface area (Å²) in [7, 11) is 0. The first kappa shape index (κ1) is 76.9. The van der Waals surface area contributed by atoms with Crippen LogP contribution in [0.3, 0.4) is 0 Å². The summed E-state index contributed by atoms with van der Waals surface area (Å²) in [5, 5.41) is 43.1. The normalized spacial score (nSPS) is 12.1. The van der Waals surface area contributed by atoms with Gasteiger partial charge in [-0.2, -0.15) is 36.9 Å². The fraction of sp³-hybridized carbons (Fsp3) is 0.0364. The van der Waals surface area contributed by atoms with Crippen molar-refractivity contribution in [3.05, 3.63) is 396 Å². The summed E-state index contributed by atoms with van der Waals surface area (Å²) in [6, 6.07) is 116. The minimum atomic E-state index is -4.81. The van der Waals surface area contributed by atoms with Gasteiger partial charge in [0.05, 0.1) is 83.6 Å².